The zero-order valence-electron chi connectivity index (χ0n) is 17.7. The number of benzene rings is 3. The third-order valence-electron chi connectivity index (χ3n) is 6.00. The molecular weight excluding hydrogens is 408 g/mol. The van der Waals surface area contributed by atoms with Gasteiger partial charge in [-0.3, -0.25) is 4.79 Å². The minimum absolute atomic E-state index is 0.132. The molecule has 4 rings (SSSR count). The van der Waals surface area contributed by atoms with Crippen LogP contribution in [0.2, 0.25) is 0 Å². The lowest BCUT2D eigenvalue weighted by Crippen LogP contribution is -2.36. The van der Waals surface area contributed by atoms with E-state index in [1.165, 1.54) is 15.9 Å². The van der Waals surface area contributed by atoms with E-state index in [2.05, 4.69) is 0 Å². The number of carbonyl (C=O) groups is 1. The first-order chi connectivity index (χ1) is 14.9. The van der Waals surface area contributed by atoms with Gasteiger partial charge in [0.1, 0.15) is 0 Å². The summed E-state index contributed by atoms with van der Waals surface area (Å²) in [6.07, 6.45) is 0.686. The number of sulfonamides is 1. The SMILES string of the molecule is CC(c1ccccc1)N(C)C(=O)c1cccc(S(=O)(=O)N2CCc3ccccc3C2)c1. The molecule has 5 nitrogen and oxygen atoms in total. The highest BCUT2D eigenvalue weighted by Gasteiger charge is 2.29. The average molecular weight is 435 g/mol. The third-order valence-corrected chi connectivity index (χ3v) is 7.84. The van der Waals surface area contributed by atoms with E-state index in [0.29, 0.717) is 25.1 Å². The second-order valence-electron chi connectivity index (χ2n) is 7.89. The van der Waals surface area contributed by atoms with Gasteiger partial charge >= 0.3 is 0 Å². The van der Waals surface area contributed by atoms with E-state index in [-0.39, 0.29) is 16.8 Å². The zero-order chi connectivity index (χ0) is 22.0. The number of nitrogens with zero attached hydrogens (tertiary/aromatic N) is 2. The largest absolute Gasteiger partial charge is 0.335 e. The van der Waals surface area contributed by atoms with Crippen molar-refractivity contribution in [1.29, 1.82) is 0 Å². The topological polar surface area (TPSA) is 57.7 Å². The van der Waals surface area contributed by atoms with Crippen molar-refractivity contribution in [2.24, 2.45) is 0 Å². The predicted octanol–water partition coefficient (Wildman–Crippen LogP) is 4.27. The van der Waals surface area contributed by atoms with Crippen LogP contribution in [0.1, 0.15) is 40.0 Å². The van der Waals surface area contributed by atoms with Crippen LogP contribution in [0, 0.1) is 0 Å². The van der Waals surface area contributed by atoms with E-state index in [1.54, 1.807) is 30.1 Å². The first kappa shape index (κ1) is 21.3. The van der Waals surface area contributed by atoms with Crippen molar-refractivity contribution in [2.75, 3.05) is 13.6 Å². The summed E-state index contributed by atoms with van der Waals surface area (Å²) in [5.41, 5.74) is 3.60. The van der Waals surface area contributed by atoms with Crippen LogP contribution in [0.15, 0.2) is 83.8 Å². The van der Waals surface area contributed by atoms with Gasteiger partial charge in [-0.25, -0.2) is 8.42 Å². The fourth-order valence-electron chi connectivity index (χ4n) is 3.95. The van der Waals surface area contributed by atoms with Gasteiger partial charge in [-0.05, 0) is 48.2 Å². The number of rotatable bonds is 5. The molecule has 1 unspecified atom stereocenters. The van der Waals surface area contributed by atoms with Crippen molar-refractivity contribution in [3.8, 4) is 0 Å². The third kappa shape index (κ3) is 4.27. The van der Waals surface area contributed by atoms with Crippen LogP contribution in [0.5, 0.6) is 0 Å². The van der Waals surface area contributed by atoms with Crippen LogP contribution in [0.4, 0.5) is 0 Å². The molecular formula is C25H26N2O3S. The standard InChI is InChI=1S/C25H26N2O3S/c1-19(20-9-4-3-5-10-20)26(2)25(28)22-13-8-14-24(17-22)31(29,30)27-16-15-21-11-6-7-12-23(21)18-27/h3-14,17,19H,15-16,18H2,1-2H3. The van der Waals surface area contributed by atoms with Crippen LogP contribution in [-0.4, -0.2) is 37.1 Å². The number of fused-ring (bicyclic) bond motifs is 1. The molecule has 6 heteroatoms. The Kier molecular flexibility index (Phi) is 5.94. The van der Waals surface area contributed by atoms with E-state index in [9.17, 15) is 13.2 Å². The smallest absolute Gasteiger partial charge is 0.254 e. The Hall–Kier alpha value is -2.96. The van der Waals surface area contributed by atoms with Crippen LogP contribution in [0.3, 0.4) is 0 Å². The number of hydrogen-bond acceptors (Lipinski definition) is 3. The summed E-state index contributed by atoms with van der Waals surface area (Å²) in [5, 5.41) is 0. The highest BCUT2D eigenvalue weighted by Crippen LogP contribution is 2.26. The Balaban J connectivity index is 1.57. The number of carbonyl (C=O) groups excluding carboxylic acids is 1. The first-order valence-electron chi connectivity index (χ1n) is 10.4. The van der Waals surface area contributed by atoms with Crippen LogP contribution < -0.4 is 0 Å². The molecule has 1 amide bonds. The van der Waals surface area contributed by atoms with Crippen LogP contribution >= 0.6 is 0 Å². The Morgan fingerprint density at radius 3 is 2.35 bits per heavy atom. The van der Waals surface area contributed by atoms with Gasteiger partial charge in [-0.1, -0.05) is 60.7 Å². The Bertz CT molecular complexity index is 1190. The molecule has 160 valence electrons. The summed E-state index contributed by atoms with van der Waals surface area (Å²) in [6.45, 7) is 2.74. The summed E-state index contributed by atoms with van der Waals surface area (Å²) >= 11 is 0. The van der Waals surface area contributed by atoms with Crippen LogP contribution in [-0.2, 0) is 23.0 Å². The molecule has 1 aliphatic rings. The maximum Gasteiger partial charge on any atom is 0.254 e. The van der Waals surface area contributed by atoms with Gasteiger partial charge < -0.3 is 4.90 Å². The highest BCUT2D eigenvalue weighted by molar-refractivity contribution is 7.89. The minimum atomic E-state index is -3.70. The second-order valence-corrected chi connectivity index (χ2v) is 9.83. The van der Waals surface area contributed by atoms with Crippen molar-refractivity contribution in [2.45, 2.75) is 30.8 Å². The fourth-order valence-corrected chi connectivity index (χ4v) is 5.41. The lowest BCUT2D eigenvalue weighted by Gasteiger charge is -2.28. The van der Waals surface area contributed by atoms with E-state index < -0.39 is 10.0 Å². The number of hydrogen-bond donors (Lipinski definition) is 0. The van der Waals surface area contributed by atoms with Gasteiger partial charge in [0.2, 0.25) is 10.0 Å². The molecule has 1 aliphatic heterocycles. The molecule has 1 atom stereocenters. The fraction of sp³-hybridized carbons (Fsp3) is 0.240. The van der Waals surface area contributed by atoms with Gasteiger partial charge in [-0.15, -0.1) is 0 Å². The molecule has 3 aromatic carbocycles. The summed E-state index contributed by atoms with van der Waals surface area (Å²) in [4.78, 5) is 14.9. The second kappa shape index (κ2) is 8.65. The molecule has 3 aromatic rings. The molecule has 0 aliphatic carbocycles. The number of amides is 1. The van der Waals surface area contributed by atoms with Crippen molar-refractivity contribution < 1.29 is 13.2 Å². The van der Waals surface area contributed by atoms with Gasteiger partial charge in [0.25, 0.3) is 5.91 Å². The Morgan fingerprint density at radius 1 is 0.935 bits per heavy atom. The van der Waals surface area contributed by atoms with Crippen molar-refractivity contribution in [3.05, 3.63) is 101 Å². The van der Waals surface area contributed by atoms with Gasteiger partial charge in [0.05, 0.1) is 10.9 Å². The predicted molar refractivity (Wildman–Crippen MR) is 121 cm³/mol. The van der Waals surface area contributed by atoms with Crippen LogP contribution in [0.25, 0.3) is 0 Å². The van der Waals surface area contributed by atoms with Gasteiger partial charge in [0, 0.05) is 25.7 Å². The Labute approximate surface area is 184 Å². The molecule has 0 saturated carbocycles. The highest BCUT2D eigenvalue weighted by atomic mass is 32.2. The maximum atomic E-state index is 13.3. The molecule has 0 N–H and O–H groups in total. The van der Waals surface area contributed by atoms with E-state index >= 15 is 0 Å². The molecule has 0 saturated heterocycles. The maximum absolute atomic E-state index is 13.3. The van der Waals surface area contributed by atoms with E-state index in [4.69, 9.17) is 0 Å². The molecule has 0 radical (unpaired) electrons. The average Bonchev–Trinajstić information content (AvgIpc) is 2.83. The molecule has 31 heavy (non-hydrogen) atoms. The van der Waals surface area contributed by atoms with Gasteiger partial charge in [0.15, 0.2) is 0 Å². The minimum Gasteiger partial charge on any atom is -0.335 e. The molecule has 0 fully saturated rings. The first-order valence-corrected chi connectivity index (χ1v) is 11.8. The summed E-state index contributed by atoms with van der Waals surface area (Å²) in [6, 6.07) is 23.9. The van der Waals surface area contributed by atoms with Gasteiger partial charge in [-0.2, -0.15) is 4.31 Å². The quantitative estimate of drug-likeness (QED) is 0.603. The zero-order valence-corrected chi connectivity index (χ0v) is 18.5. The summed E-state index contributed by atoms with van der Waals surface area (Å²) in [7, 11) is -1.96. The monoisotopic (exact) mass is 434 g/mol. The van der Waals surface area contributed by atoms with Crippen molar-refractivity contribution >= 4 is 15.9 Å². The Morgan fingerprint density at radius 2 is 1.61 bits per heavy atom. The normalized spacial score (nSPS) is 15.2. The van der Waals surface area contributed by atoms with Crippen molar-refractivity contribution in [3.63, 3.8) is 0 Å². The molecule has 0 spiro atoms. The summed E-state index contributed by atoms with van der Waals surface area (Å²) in [5.74, 6) is -0.211. The van der Waals surface area contributed by atoms with E-state index in [1.807, 2.05) is 61.5 Å². The molecule has 0 aromatic heterocycles. The lowest BCUT2D eigenvalue weighted by atomic mass is 10.0. The molecule has 1 heterocycles. The van der Waals surface area contributed by atoms with E-state index in [0.717, 1.165) is 11.1 Å². The lowest BCUT2D eigenvalue weighted by molar-refractivity contribution is 0.0742. The van der Waals surface area contributed by atoms with Crippen molar-refractivity contribution in [1.82, 2.24) is 9.21 Å². The summed E-state index contributed by atoms with van der Waals surface area (Å²) < 4.78 is 28.1. The molecule has 0 bridgehead atoms.